The summed E-state index contributed by atoms with van der Waals surface area (Å²) >= 11 is 0. The van der Waals surface area contributed by atoms with Crippen LogP contribution < -0.4 is 0 Å². The summed E-state index contributed by atoms with van der Waals surface area (Å²) in [6.45, 7) is 4.14. The van der Waals surface area contributed by atoms with Gasteiger partial charge in [0.05, 0.1) is 0 Å². The average Bonchev–Trinajstić information content (AvgIpc) is 2.59. The summed E-state index contributed by atoms with van der Waals surface area (Å²) in [6, 6.07) is 0. The number of carboxylic acid groups (broad SMARTS) is 1. The van der Waals surface area contributed by atoms with Gasteiger partial charge in [-0.1, -0.05) is 12.2 Å². The Labute approximate surface area is 84.0 Å². The molecule has 14 heavy (non-hydrogen) atoms. The van der Waals surface area contributed by atoms with Gasteiger partial charge in [-0.15, -0.1) is 0 Å². The normalized spacial score (nSPS) is 48.9. The van der Waals surface area contributed by atoms with Crippen LogP contribution >= 0.6 is 0 Å². The first kappa shape index (κ1) is 8.51. The number of aliphatic carboxylic acids is 1. The molecule has 3 fully saturated rings. The number of carbonyl (C=O) groups is 1. The van der Waals surface area contributed by atoms with E-state index in [0.29, 0.717) is 18.3 Å². The minimum absolute atomic E-state index is 0.395. The summed E-state index contributed by atoms with van der Waals surface area (Å²) in [5.41, 5.74) is 1.41. The molecule has 3 aliphatic carbocycles. The molecule has 0 aromatic carbocycles. The maximum absolute atomic E-state index is 10.7. The number of carboxylic acids is 1. The highest BCUT2D eigenvalue weighted by Crippen LogP contribution is 2.67. The average molecular weight is 192 g/mol. The van der Waals surface area contributed by atoms with E-state index in [9.17, 15) is 4.79 Å². The van der Waals surface area contributed by atoms with Crippen molar-refractivity contribution in [3.8, 4) is 0 Å². The van der Waals surface area contributed by atoms with Gasteiger partial charge in [-0.2, -0.15) is 0 Å². The molecule has 0 aliphatic heterocycles. The van der Waals surface area contributed by atoms with E-state index in [4.69, 9.17) is 5.11 Å². The number of allylic oxidation sites excluding steroid dienone is 1. The molecule has 0 heterocycles. The van der Waals surface area contributed by atoms with Gasteiger partial charge < -0.3 is 5.11 Å². The molecule has 0 aromatic heterocycles. The monoisotopic (exact) mass is 192 g/mol. The largest absolute Gasteiger partial charge is 0.481 e. The van der Waals surface area contributed by atoms with Gasteiger partial charge in [-0.05, 0) is 48.9 Å². The van der Waals surface area contributed by atoms with Crippen molar-refractivity contribution in [3.05, 3.63) is 12.2 Å². The maximum Gasteiger partial charge on any atom is 0.303 e. The van der Waals surface area contributed by atoms with E-state index >= 15 is 0 Å². The molecule has 0 spiro atoms. The highest BCUT2D eigenvalue weighted by Gasteiger charge is 2.60. The van der Waals surface area contributed by atoms with Crippen molar-refractivity contribution < 1.29 is 9.90 Å². The first-order valence-corrected chi connectivity index (χ1v) is 5.58. The van der Waals surface area contributed by atoms with E-state index < -0.39 is 5.97 Å². The standard InChI is InChI=1S/C12H16O2/c1-6-4-10-9(5-11(13)14)8-3-2-7(6)12(8)10/h7-10,12H,1-5H2,(H,13,14)/t7?,8?,9?,10?,12-/m1/s1. The third kappa shape index (κ3) is 0.891. The smallest absolute Gasteiger partial charge is 0.303 e. The van der Waals surface area contributed by atoms with Gasteiger partial charge in [0.15, 0.2) is 0 Å². The Morgan fingerprint density at radius 2 is 2.21 bits per heavy atom. The molecule has 76 valence electrons. The molecule has 4 unspecified atom stereocenters. The van der Waals surface area contributed by atoms with Crippen LogP contribution in [0, 0.1) is 29.6 Å². The third-order valence-corrected chi connectivity index (χ3v) is 4.80. The topological polar surface area (TPSA) is 37.3 Å². The summed E-state index contributed by atoms with van der Waals surface area (Å²) in [5.74, 6) is 2.84. The van der Waals surface area contributed by atoms with Gasteiger partial charge in [0.1, 0.15) is 0 Å². The van der Waals surface area contributed by atoms with Crippen molar-refractivity contribution in [1.82, 2.24) is 0 Å². The van der Waals surface area contributed by atoms with Gasteiger partial charge in [0, 0.05) is 6.42 Å². The molecule has 1 N–H and O–H groups in total. The molecule has 3 aliphatic rings. The highest BCUT2D eigenvalue weighted by molar-refractivity contribution is 5.67. The van der Waals surface area contributed by atoms with E-state index in [2.05, 4.69) is 6.58 Å². The summed E-state index contributed by atoms with van der Waals surface area (Å²) < 4.78 is 0. The molecule has 0 amide bonds. The second-order valence-electron chi connectivity index (χ2n) is 5.21. The molecule has 2 heteroatoms. The molecule has 3 rings (SSSR count). The lowest BCUT2D eigenvalue weighted by Gasteiger charge is -2.46. The Morgan fingerprint density at radius 3 is 2.93 bits per heavy atom. The summed E-state index contributed by atoms with van der Waals surface area (Å²) in [6.07, 6.45) is 4.04. The number of rotatable bonds is 2. The highest BCUT2D eigenvalue weighted by atomic mass is 16.4. The molecule has 5 atom stereocenters. The second-order valence-corrected chi connectivity index (χ2v) is 5.21. The lowest BCUT2D eigenvalue weighted by Crippen LogP contribution is -2.43. The van der Waals surface area contributed by atoms with Gasteiger partial charge in [-0.3, -0.25) is 4.79 Å². The lowest BCUT2D eigenvalue weighted by molar-refractivity contribution is -0.142. The maximum atomic E-state index is 10.7. The Hall–Kier alpha value is -0.790. The predicted octanol–water partition coefficient (Wildman–Crippen LogP) is 2.31. The zero-order valence-electron chi connectivity index (χ0n) is 8.28. The fraction of sp³-hybridized carbons (Fsp3) is 0.750. The van der Waals surface area contributed by atoms with E-state index in [1.54, 1.807) is 0 Å². The molecule has 0 bridgehead atoms. The van der Waals surface area contributed by atoms with Crippen LogP contribution in [-0.4, -0.2) is 11.1 Å². The van der Waals surface area contributed by atoms with Crippen molar-refractivity contribution in [1.29, 1.82) is 0 Å². The fourth-order valence-electron chi connectivity index (χ4n) is 4.35. The molecular formula is C12H16O2. The van der Waals surface area contributed by atoms with Crippen molar-refractivity contribution >= 4 is 5.97 Å². The summed E-state index contributed by atoms with van der Waals surface area (Å²) in [7, 11) is 0. The molecule has 2 nitrogen and oxygen atoms in total. The third-order valence-electron chi connectivity index (χ3n) is 4.80. The van der Waals surface area contributed by atoms with Crippen molar-refractivity contribution in [2.45, 2.75) is 25.7 Å². The van der Waals surface area contributed by atoms with Gasteiger partial charge in [0.2, 0.25) is 0 Å². The molecule has 0 radical (unpaired) electrons. The Bertz CT molecular complexity index is 307. The molecule has 3 saturated carbocycles. The van der Waals surface area contributed by atoms with Crippen LogP contribution in [0.1, 0.15) is 25.7 Å². The van der Waals surface area contributed by atoms with Crippen LogP contribution in [0.4, 0.5) is 0 Å². The Balaban J connectivity index is 1.80. The fourth-order valence-corrected chi connectivity index (χ4v) is 4.35. The minimum atomic E-state index is -0.616. The first-order valence-electron chi connectivity index (χ1n) is 5.58. The van der Waals surface area contributed by atoms with E-state index in [1.807, 2.05) is 0 Å². The first-order chi connectivity index (χ1) is 6.68. The summed E-state index contributed by atoms with van der Waals surface area (Å²) in [4.78, 5) is 10.7. The lowest BCUT2D eigenvalue weighted by atomic mass is 9.58. The quantitative estimate of drug-likeness (QED) is 0.682. The van der Waals surface area contributed by atoms with Crippen LogP contribution in [0.5, 0.6) is 0 Å². The molecular weight excluding hydrogens is 176 g/mol. The predicted molar refractivity (Wildman–Crippen MR) is 52.7 cm³/mol. The van der Waals surface area contributed by atoms with E-state index in [-0.39, 0.29) is 0 Å². The molecule has 0 aromatic rings. The van der Waals surface area contributed by atoms with Crippen molar-refractivity contribution in [2.75, 3.05) is 0 Å². The Kier molecular flexibility index (Phi) is 1.59. The second kappa shape index (κ2) is 2.62. The van der Waals surface area contributed by atoms with Crippen LogP contribution in [0.15, 0.2) is 12.2 Å². The van der Waals surface area contributed by atoms with Crippen molar-refractivity contribution in [2.24, 2.45) is 29.6 Å². The zero-order chi connectivity index (χ0) is 9.87. The van der Waals surface area contributed by atoms with Gasteiger partial charge >= 0.3 is 5.97 Å². The van der Waals surface area contributed by atoms with Crippen LogP contribution in [-0.2, 0) is 4.79 Å². The van der Waals surface area contributed by atoms with Crippen LogP contribution in [0.25, 0.3) is 0 Å². The summed E-state index contributed by atoms with van der Waals surface area (Å²) in [5, 5.41) is 8.84. The van der Waals surface area contributed by atoms with Gasteiger partial charge in [0.25, 0.3) is 0 Å². The van der Waals surface area contributed by atoms with E-state index in [1.165, 1.54) is 18.4 Å². The molecule has 0 saturated heterocycles. The van der Waals surface area contributed by atoms with Crippen LogP contribution in [0.3, 0.4) is 0 Å². The minimum Gasteiger partial charge on any atom is -0.481 e. The van der Waals surface area contributed by atoms with Crippen LogP contribution in [0.2, 0.25) is 0 Å². The number of hydrogen-bond acceptors (Lipinski definition) is 1. The number of hydrogen-bond donors (Lipinski definition) is 1. The Morgan fingerprint density at radius 1 is 1.43 bits per heavy atom. The zero-order valence-corrected chi connectivity index (χ0v) is 8.28. The van der Waals surface area contributed by atoms with E-state index in [0.717, 1.165) is 24.2 Å². The SMILES string of the molecule is C=C1CC2C(CC(=O)O)C3CCC1[C@H]32. The van der Waals surface area contributed by atoms with Gasteiger partial charge in [-0.25, -0.2) is 0 Å². The van der Waals surface area contributed by atoms with Crippen molar-refractivity contribution in [3.63, 3.8) is 0 Å².